The van der Waals surface area contributed by atoms with Crippen LogP contribution in [0.15, 0.2) is 72.3 Å². The summed E-state index contributed by atoms with van der Waals surface area (Å²) in [5.74, 6) is -5.96. The van der Waals surface area contributed by atoms with Gasteiger partial charge in [-0.25, -0.2) is 17.6 Å². The summed E-state index contributed by atoms with van der Waals surface area (Å²) >= 11 is 0. The van der Waals surface area contributed by atoms with E-state index in [1.807, 2.05) is 6.92 Å². The first-order valence-corrected chi connectivity index (χ1v) is 13.6. The first kappa shape index (κ1) is 29.9. The van der Waals surface area contributed by atoms with Crippen LogP contribution in [0.25, 0.3) is 0 Å². The molecule has 0 amide bonds. The van der Waals surface area contributed by atoms with E-state index in [1.165, 1.54) is 12.1 Å². The van der Waals surface area contributed by atoms with Gasteiger partial charge in [-0.15, -0.1) is 0 Å². The molecule has 0 bridgehead atoms. The van der Waals surface area contributed by atoms with E-state index in [0.29, 0.717) is 54.7 Å². The topological polar surface area (TPSA) is 60.4 Å². The fourth-order valence-corrected chi connectivity index (χ4v) is 5.17. The number of carbonyl (C=O) groups is 3. The van der Waals surface area contributed by atoms with Crippen molar-refractivity contribution in [3.63, 3.8) is 0 Å². The Kier molecular flexibility index (Phi) is 9.86. The van der Waals surface area contributed by atoms with Crippen LogP contribution in [0.4, 0.5) is 17.6 Å². The molecular weight excluding hydrogens is 536 g/mol. The Morgan fingerprint density at radius 3 is 2.17 bits per heavy atom. The fourth-order valence-electron chi connectivity index (χ4n) is 5.17. The van der Waals surface area contributed by atoms with Crippen molar-refractivity contribution in [1.29, 1.82) is 0 Å². The van der Waals surface area contributed by atoms with Crippen LogP contribution in [0.2, 0.25) is 0 Å². The van der Waals surface area contributed by atoms with E-state index < -0.39 is 40.5 Å². The highest BCUT2D eigenvalue weighted by Gasteiger charge is 2.36. The number of hydrogen-bond acceptors (Lipinski definition) is 4. The second-order valence-corrected chi connectivity index (χ2v) is 10.1. The van der Waals surface area contributed by atoms with Crippen LogP contribution >= 0.6 is 0 Å². The number of halogens is 4. The molecule has 41 heavy (non-hydrogen) atoms. The number of allylic oxidation sites excluding steroid dienone is 2. The molecule has 1 aliphatic carbocycles. The molecule has 2 atom stereocenters. The number of benzene rings is 3. The molecule has 0 radical (unpaired) electrons. The Labute approximate surface area is 236 Å². The Hall–Kier alpha value is -4.07. The number of Topliss-reactive ketones (excluding diaryl/α,β-unsaturated/α-hetero) is 3. The SMILES string of the molecule is CCCC(=O)CCCC(=O)COc1ccccc1C1CC(c2ccc(F)cc2)C=C1C(=O)c1c(F)cc(F)cc1F. The minimum absolute atomic E-state index is 0.0838. The standard InChI is InChI=1S/C33H30F4O4/c1-2-6-24(38)7-5-8-25(39)19-41-31-10-4-3-9-26(31)27-15-21(20-11-13-22(34)14-12-20)16-28(27)33(40)32-29(36)17-23(35)18-30(32)37/h3-4,9-14,16-18,21,27H,2,5-8,15,19H2,1H3. The lowest BCUT2D eigenvalue weighted by atomic mass is 9.86. The molecule has 0 saturated carbocycles. The van der Waals surface area contributed by atoms with Gasteiger partial charge in [0.1, 0.15) is 41.4 Å². The van der Waals surface area contributed by atoms with E-state index in [1.54, 1.807) is 42.5 Å². The minimum atomic E-state index is -1.31. The predicted molar refractivity (Wildman–Crippen MR) is 146 cm³/mol. The predicted octanol–water partition coefficient (Wildman–Crippen LogP) is 7.81. The normalized spacial score (nSPS) is 16.4. The fraction of sp³-hybridized carbons (Fsp3) is 0.303. The number of ether oxygens (including phenoxy) is 1. The summed E-state index contributed by atoms with van der Waals surface area (Å²) in [5.41, 5.74) is 0.449. The molecule has 4 rings (SSSR count). The molecule has 4 nitrogen and oxygen atoms in total. The number of rotatable bonds is 13. The van der Waals surface area contributed by atoms with Gasteiger partial charge in [-0.2, -0.15) is 0 Å². The molecule has 3 aromatic carbocycles. The lowest BCUT2D eigenvalue weighted by molar-refractivity contribution is -0.121. The highest BCUT2D eigenvalue weighted by molar-refractivity contribution is 6.10. The third-order valence-electron chi connectivity index (χ3n) is 7.16. The summed E-state index contributed by atoms with van der Waals surface area (Å²) in [6.45, 7) is 1.67. The summed E-state index contributed by atoms with van der Waals surface area (Å²) in [7, 11) is 0. The van der Waals surface area contributed by atoms with Crippen molar-refractivity contribution in [2.24, 2.45) is 0 Å². The number of ketones is 3. The largest absolute Gasteiger partial charge is 0.486 e. The van der Waals surface area contributed by atoms with Crippen molar-refractivity contribution in [2.75, 3.05) is 6.61 Å². The van der Waals surface area contributed by atoms with Crippen LogP contribution in [0.1, 0.15) is 78.8 Å². The molecule has 0 spiro atoms. The average Bonchev–Trinajstić information content (AvgIpc) is 3.37. The van der Waals surface area contributed by atoms with Gasteiger partial charge >= 0.3 is 0 Å². The maximum Gasteiger partial charge on any atom is 0.195 e. The van der Waals surface area contributed by atoms with E-state index in [2.05, 4.69) is 0 Å². The van der Waals surface area contributed by atoms with Gasteiger partial charge in [0.2, 0.25) is 0 Å². The zero-order valence-corrected chi connectivity index (χ0v) is 22.6. The maximum absolute atomic E-state index is 14.6. The first-order chi connectivity index (χ1) is 19.7. The summed E-state index contributed by atoms with van der Waals surface area (Å²) in [5, 5.41) is 0. The molecule has 2 unspecified atom stereocenters. The number of hydrogen-bond donors (Lipinski definition) is 0. The third kappa shape index (κ3) is 7.37. The smallest absolute Gasteiger partial charge is 0.195 e. The molecule has 1 aliphatic rings. The van der Waals surface area contributed by atoms with Crippen LogP contribution in [0.5, 0.6) is 5.75 Å². The molecule has 0 aliphatic heterocycles. The van der Waals surface area contributed by atoms with Gasteiger partial charge in [0.05, 0.1) is 5.56 Å². The van der Waals surface area contributed by atoms with E-state index in [0.717, 1.165) is 6.42 Å². The van der Waals surface area contributed by atoms with Crippen LogP contribution in [-0.4, -0.2) is 24.0 Å². The summed E-state index contributed by atoms with van der Waals surface area (Å²) in [6, 6.07) is 13.4. The monoisotopic (exact) mass is 566 g/mol. The van der Waals surface area contributed by atoms with Crippen LogP contribution in [0, 0.1) is 23.3 Å². The van der Waals surface area contributed by atoms with Crippen LogP contribution < -0.4 is 4.74 Å². The Balaban J connectivity index is 1.60. The molecule has 0 saturated heterocycles. The van der Waals surface area contributed by atoms with Crippen LogP contribution in [-0.2, 0) is 9.59 Å². The lowest BCUT2D eigenvalue weighted by Gasteiger charge is -2.20. The van der Waals surface area contributed by atoms with Gasteiger partial charge in [-0.1, -0.05) is 43.3 Å². The van der Waals surface area contributed by atoms with E-state index in [4.69, 9.17) is 4.74 Å². The maximum atomic E-state index is 14.6. The van der Waals surface area contributed by atoms with Gasteiger partial charge < -0.3 is 4.74 Å². The van der Waals surface area contributed by atoms with Crippen molar-refractivity contribution < 1.29 is 36.7 Å². The van der Waals surface area contributed by atoms with Gasteiger partial charge in [0, 0.05) is 54.4 Å². The molecule has 3 aromatic rings. The third-order valence-corrected chi connectivity index (χ3v) is 7.16. The Morgan fingerprint density at radius 2 is 1.49 bits per heavy atom. The van der Waals surface area contributed by atoms with E-state index in [9.17, 15) is 31.9 Å². The van der Waals surface area contributed by atoms with Crippen molar-refractivity contribution in [1.82, 2.24) is 0 Å². The minimum Gasteiger partial charge on any atom is -0.486 e. The summed E-state index contributed by atoms with van der Waals surface area (Å²) in [4.78, 5) is 37.8. The van der Waals surface area contributed by atoms with Crippen molar-refractivity contribution in [2.45, 2.75) is 57.3 Å². The van der Waals surface area contributed by atoms with E-state index in [-0.39, 0.29) is 36.1 Å². The van der Waals surface area contributed by atoms with Crippen molar-refractivity contribution in [3.05, 3.63) is 112 Å². The van der Waals surface area contributed by atoms with Gasteiger partial charge in [-0.05, 0) is 43.0 Å². The lowest BCUT2D eigenvalue weighted by Crippen LogP contribution is -2.16. The van der Waals surface area contributed by atoms with Crippen molar-refractivity contribution in [3.8, 4) is 5.75 Å². The number of carbonyl (C=O) groups excluding carboxylic acids is 3. The first-order valence-electron chi connectivity index (χ1n) is 13.6. The van der Waals surface area contributed by atoms with Gasteiger partial charge in [0.15, 0.2) is 11.6 Å². The molecule has 0 fully saturated rings. The highest BCUT2D eigenvalue weighted by Crippen LogP contribution is 2.47. The molecule has 0 aromatic heterocycles. The molecular formula is C33H30F4O4. The van der Waals surface area contributed by atoms with Crippen molar-refractivity contribution >= 4 is 17.3 Å². The zero-order chi connectivity index (χ0) is 29.5. The van der Waals surface area contributed by atoms with Gasteiger partial charge in [0.25, 0.3) is 0 Å². The average molecular weight is 567 g/mol. The number of para-hydroxylation sites is 1. The molecule has 0 heterocycles. The second kappa shape index (κ2) is 13.5. The second-order valence-electron chi connectivity index (χ2n) is 10.1. The molecule has 214 valence electrons. The molecule has 0 N–H and O–H groups in total. The Bertz CT molecular complexity index is 1440. The zero-order valence-electron chi connectivity index (χ0n) is 22.6. The Morgan fingerprint density at radius 1 is 0.829 bits per heavy atom. The van der Waals surface area contributed by atoms with E-state index >= 15 is 0 Å². The summed E-state index contributed by atoms with van der Waals surface area (Å²) in [6.07, 6.45) is 4.09. The van der Waals surface area contributed by atoms with Gasteiger partial charge in [-0.3, -0.25) is 14.4 Å². The quantitative estimate of drug-likeness (QED) is 0.156. The highest BCUT2D eigenvalue weighted by atomic mass is 19.1. The molecule has 8 heteroatoms. The summed E-state index contributed by atoms with van der Waals surface area (Å²) < 4.78 is 62.3. The van der Waals surface area contributed by atoms with Crippen LogP contribution in [0.3, 0.4) is 0 Å².